The minimum absolute atomic E-state index is 0.0809. The number of carboxylic acid groups (broad SMARTS) is 1. The van der Waals surface area contributed by atoms with Crippen LogP contribution >= 0.6 is 0 Å². The van der Waals surface area contributed by atoms with Crippen molar-refractivity contribution in [1.29, 1.82) is 0 Å². The smallest absolute Gasteiger partial charge is 0.307 e. The van der Waals surface area contributed by atoms with Gasteiger partial charge in [0.05, 0.1) is 13.0 Å². The molecule has 9 nitrogen and oxygen atoms in total. The van der Waals surface area contributed by atoms with Crippen LogP contribution in [-0.2, 0) is 27.3 Å². The van der Waals surface area contributed by atoms with Crippen LogP contribution < -0.4 is 21.1 Å². The molecule has 2 atom stereocenters. The van der Waals surface area contributed by atoms with Gasteiger partial charge in [-0.25, -0.2) is 9.38 Å². The molecular formula is C29H37FN4O5. The van der Waals surface area contributed by atoms with Gasteiger partial charge in [0.2, 0.25) is 11.8 Å². The average Bonchev–Trinajstić information content (AvgIpc) is 2.92. The number of nitrogens with two attached hydrogens (primary N) is 1. The molecule has 5 N–H and O–H groups in total. The van der Waals surface area contributed by atoms with E-state index in [1.807, 2.05) is 18.2 Å². The van der Waals surface area contributed by atoms with Crippen LogP contribution in [0.1, 0.15) is 56.1 Å². The molecule has 1 fully saturated rings. The van der Waals surface area contributed by atoms with Crippen molar-refractivity contribution in [3.05, 3.63) is 65.5 Å². The molecule has 210 valence electrons. The highest BCUT2D eigenvalue weighted by Gasteiger charge is 2.26. The lowest BCUT2D eigenvalue weighted by atomic mass is 9.84. The number of aliphatic carboxylic acids is 1. The zero-order valence-electron chi connectivity index (χ0n) is 22.2. The molecule has 0 saturated heterocycles. The summed E-state index contributed by atoms with van der Waals surface area (Å²) in [6.45, 7) is 0.137. The van der Waals surface area contributed by atoms with Gasteiger partial charge in [-0.2, -0.15) is 0 Å². The maximum Gasteiger partial charge on any atom is 0.307 e. The Morgan fingerprint density at radius 2 is 1.82 bits per heavy atom. The van der Waals surface area contributed by atoms with Gasteiger partial charge in [0.25, 0.3) is 0 Å². The maximum absolute atomic E-state index is 13.7. The van der Waals surface area contributed by atoms with Crippen LogP contribution in [0.15, 0.2) is 53.5 Å². The van der Waals surface area contributed by atoms with Crippen molar-refractivity contribution < 1.29 is 28.6 Å². The number of hydrogen-bond acceptors (Lipinski definition) is 5. The van der Waals surface area contributed by atoms with Crippen molar-refractivity contribution in [3.8, 4) is 5.75 Å². The monoisotopic (exact) mass is 540 g/mol. The third-order valence-electron chi connectivity index (χ3n) is 6.93. The Hall–Kier alpha value is -3.95. The fourth-order valence-corrected chi connectivity index (χ4v) is 4.84. The molecule has 0 spiro atoms. The Balaban J connectivity index is 1.65. The summed E-state index contributed by atoms with van der Waals surface area (Å²) in [5.74, 6) is -3.32. The Labute approximate surface area is 228 Å². The molecule has 3 rings (SSSR count). The van der Waals surface area contributed by atoms with Crippen LogP contribution in [0.25, 0.3) is 0 Å². The maximum atomic E-state index is 13.7. The van der Waals surface area contributed by atoms with Crippen molar-refractivity contribution in [1.82, 2.24) is 10.6 Å². The van der Waals surface area contributed by atoms with Crippen molar-refractivity contribution in [2.75, 3.05) is 7.11 Å². The molecular weight excluding hydrogens is 503 g/mol. The molecule has 10 heteroatoms. The van der Waals surface area contributed by atoms with E-state index < -0.39 is 29.7 Å². The first-order valence-corrected chi connectivity index (χ1v) is 13.2. The minimum Gasteiger partial charge on any atom is -0.494 e. The SMILES string of the molecule is COc1cc(CNC(=O)C(CC2CCCCC2)N=C(N)NC(=O)CC(Cc2ccccc2)C(=O)O)ccc1F. The fraction of sp³-hybridized carbons (Fsp3) is 0.448. The molecule has 0 heterocycles. The van der Waals surface area contributed by atoms with Crippen molar-refractivity contribution in [3.63, 3.8) is 0 Å². The third kappa shape index (κ3) is 9.70. The van der Waals surface area contributed by atoms with E-state index in [4.69, 9.17) is 10.5 Å². The van der Waals surface area contributed by atoms with Gasteiger partial charge in [-0.05, 0) is 42.0 Å². The lowest BCUT2D eigenvalue weighted by Gasteiger charge is -2.24. The molecule has 2 amide bonds. The van der Waals surface area contributed by atoms with Crippen molar-refractivity contribution >= 4 is 23.7 Å². The molecule has 39 heavy (non-hydrogen) atoms. The molecule has 2 aromatic rings. The second kappa shape index (κ2) is 14.8. The number of nitrogens with one attached hydrogen (secondary N) is 2. The summed E-state index contributed by atoms with van der Waals surface area (Å²) in [6, 6.07) is 12.6. The van der Waals surface area contributed by atoms with E-state index in [0.29, 0.717) is 17.9 Å². The summed E-state index contributed by atoms with van der Waals surface area (Å²) in [7, 11) is 1.37. The summed E-state index contributed by atoms with van der Waals surface area (Å²) < 4.78 is 18.7. The van der Waals surface area contributed by atoms with E-state index >= 15 is 0 Å². The van der Waals surface area contributed by atoms with Crippen LogP contribution in [0.2, 0.25) is 0 Å². The van der Waals surface area contributed by atoms with Gasteiger partial charge >= 0.3 is 5.97 Å². The van der Waals surface area contributed by atoms with E-state index in [1.165, 1.54) is 19.2 Å². The van der Waals surface area contributed by atoms with E-state index in [-0.39, 0.29) is 37.0 Å². The quantitative estimate of drug-likeness (QED) is 0.240. The van der Waals surface area contributed by atoms with E-state index in [1.54, 1.807) is 18.2 Å². The fourth-order valence-electron chi connectivity index (χ4n) is 4.84. The zero-order chi connectivity index (χ0) is 28.2. The number of ether oxygens (including phenoxy) is 1. The second-order valence-electron chi connectivity index (χ2n) is 9.93. The average molecular weight is 541 g/mol. The second-order valence-corrected chi connectivity index (χ2v) is 9.93. The van der Waals surface area contributed by atoms with E-state index in [0.717, 1.165) is 37.7 Å². The summed E-state index contributed by atoms with van der Waals surface area (Å²) in [5, 5.41) is 14.9. The van der Waals surface area contributed by atoms with Crippen LogP contribution in [0, 0.1) is 17.7 Å². The highest BCUT2D eigenvalue weighted by molar-refractivity contribution is 5.98. The van der Waals surface area contributed by atoms with Gasteiger partial charge in [-0.1, -0.05) is 68.5 Å². The van der Waals surface area contributed by atoms with Crippen LogP contribution in [0.5, 0.6) is 5.75 Å². The van der Waals surface area contributed by atoms with Crippen molar-refractivity contribution in [2.45, 2.75) is 64.0 Å². The normalized spacial score (nSPS) is 15.7. The number of guanidine groups is 1. The molecule has 0 aromatic heterocycles. The Morgan fingerprint density at radius 3 is 2.49 bits per heavy atom. The number of methoxy groups -OCH3 is 1. The summed E-state index contributed by atoms with van der Waals surface area (Å²) >= 11 is 0. The number of benzene rings is 2. The molecule has 2 aromatic carbocycles. The topological polar surface area (TPSA) is 143 Å². The molecule has 0 radical (unpaired) electrons. The molecule has 0 aliphatic heterocycles. The van der Waals surface area contributed by atoms with Crippen LogP contribution in [0.4, 0.5) is 4.39 Å². The van der Waals surface area contributed by atoms with Gasteiger partial charge in [0, 0.05) is 13.0 Å². The number of aliphatic imine (C=N–C) groups is 1. The number of halogens is 1. The number of nitrogens with zero attached hydrogens (tertiary/aromatic N) is 1. The minimum atomic E-state index is -1.09. The predicted octanol–water partition coefficient (Wildman–Crippen LogP) is 3.55. The Kier molecular flexibility index (Phi) is 11.3. The number of carboxylic acids is 1. The van der Waals surface area contributed by atoms with E-state index in [9.17, 15) is 23.9 Å². The molecule has 1 aliphatic carbocycles. The standard InChI is InChI=1S/C29H37FN4O5/c1-39-25-16-21(12-13-23(25)30)18-32-27(36)24(15-20-10-6-3-7-11-20)33-29(31)34-26(35)17-22(28(37)38)14-19-8-4-2-5-9-19/h2,4-5,8-9,12-13,16,20,22,24H,3,6-7,10-11,14-15,17-18H2,1H3,(H,32,36)(H,37,38)(H3,31,33,34,35). The summed E-state index contributed by atoms with van der Waals surface area (Å²) in [4.78, 5) is 41.8. The predicted molar refractivity (Wildman–Crippen MR) is 145 cm³/mol. The molecule has 0 bridgehead atoms. The number of amides is 2. The van der Waals surface area contributed by atoms with Crippen LogP contribution in [0.3, 0.4) is 0 Å². The first-order valence-electron chi connectivity index (χ1n) is 13.2. The Morgan fingerprint density at radius 1 is 1.10 bits per heavy atom. The third-order valence-corrected chi connectivity index (χ3v) is 6.93. The lowest BCUT2D eigenvalue weighted by molar-refractivity contribution is -0.143. The van der Waals surface area contributed by atoms with Gasteiger partial charge in [-0.15, -0.1) is 0 Å². The molecule has 1 aliphatic rings. The first-order chi connectivity index (χ1) is 18.7. The van der Waals surface area contributed by atoms with E-state index in [2.05, 4.69) is 15.6 Å². The van der Waals surface area contributed by atoms with Gasteiger partial charge < -0.3 is 20.9 Å². The zero-order valence-corrected chi connectivity index (χ0v) is 22.2. The largest absolute Gasteiger partial charge is 0.494 e. The first kappa shape index (κ1) is 29.6. The summed E-state index contributed by atoms with van der Waals surface area (Å²) in [6.07, 6.45) is 5.69. The number of rotatable bonds is 12. The van der Waals surface area contributed by atoms with Crippen LogP contribution in [-0.4, -0.2) is 42.0 Å². The molecule has 1 saturated carbocycles. The highest BCUT2D eigenvalue weighted by Crippen LogP contribution is 2.28. The summed E-state index contributed by atoms with van der Waals surface area (Å²) in [5.41, 5.74) is 7.48. The van der Waals surface area contributed by atoms with Crippen molar-refractivity contribution in [2.24, 2.45) is 22.6 Å². The lowest BCUT2D eigenvalue weighted by Crippen LogP contribution is -2.42. The highest BCUT2D eigenvalue weighted by atomic mass is 19.1. The number of carbonyl (C=O) groups is 3. The molecule has 2 unspecified atom stereocenters. The number of hydrogen-bond donors (Lipinski definition) is 4. The number of carbonyl (C=O) groups excluding carboxylic acids is 2. The Bertz CT molecular complexity index is 1150. The van der Waals surface area contributed by atoms with Gasteiger partial charge in [-0.3, -0.25) is 19.7 Å². The van der Waals surface area contributed by atoms with Gasteiger partial charge in [0.15, 0.2) is 17.5 Å². The van der Waals surface area contributed by atoms with Gasteiger partial charge in [0.1, 0.15) is 6.04 Å².